The first-order valence-electron chi connectivity index (χ1n) is 9.19. The average Bonchev–Trinajstić information content (AvgIpc) is 2.73. The summed E-state index contributed by atoms with van der Waals surface area (Å²) in [6.07, 6.45) is 2.77. The van der Waals surface area contributed by atoms with Gasteiger partial charge in [0.15, 0.2) is 5.82 Å². The van der Waals surface area contributed by atoms with Crippen LogP contribution in [0.3, 0.4) is 0 Å². The van der Waals surface area contributed by atoms with Crippen LogP contribution in [0.1, 0.15) is 24.5 Å². The van der Waals surface area contributed by atoms with Crippen molar-refractivity contribution in [1.29, 1.82) is 0 Å². The van der Waals surface area contributed by atoms with Gasteiger partial charge in [-0.1, -0.05) is 41.9 Å². The maximum Gasteiger partial charge on any atom is 0.292 e. The molecule has 1 aliphatic rings. The van der Waals surface area contributed by atoms with E-state index in [1.807, 2.05) is 30.3 Å². The van der Waals surface area contributed by atoms with Crippen LogP contribution in [0.5, 0.6) is 0 Å². The topological polar surface area (TPSA) is 56.1 Å². The zero-order chi connectivity index (χ0) is 20.4. The molecule has 4 rings (SSSR count). The van der Waals surface area contributed by atoms with Crippen molar-refractivity contribution in [3.63, 3.8) is 0 Å². The highest BCUT2D eigenvalue weighted by Crippen LogP contribution is 2.30. The number of nitrogens with zero attached hydrogens (tertiary/aromatic N) is 2. The van der Waals surface area contributed by atoms with Crippen LogP contribution in [0, 0.1) is 11.6 Å². The number of aromatic nitrogens is 2. The van der Waals surface area contributed by atoms with Gasteiger partial charge in [-0.25, -0.2) is 8.78 Å². The summed E-state index contributed by atoms with van der Waals surface area (Å²) in [7, 11) is 0. The Hall–Kier alpha value is -2.77. The average molecular weight is 418 g/mol. The molecule has 1 fully saturated rings. The summed E-state index contributed by atoms with van der Waals surface area (Å²) in [6, 6.07) is 12.8. The molecule has 2 atom stereocenters. The zero-order valence-corrected chi connectivity index (χ0v) is 16.1. The van der Waals surface area contributed by atoms with Gasteiger partial charge in [0.25, 0.3) is 5.56 Å². The Kier molecular flexibility index (Phi) is 5.60. The highest BCUT2D eigenvalue weighted by atomic mass is 35.5. The summed E-state index contributed by atoms with van der Waals surface area (Å²) in [5.74, 6) is -1.64. The molecular formula is C21H18ClF2N3O2. The minimum atomic E-state index is -0.897. The Morgan fingerprint density at radius 1 is 1.17 bits per heavy atom. The van der Waals surface area contributed by atoms with Crippen molar-refractivity contribution in [2.24, 2.45) is 0 Å². The third kappa shape index (κ3) is 4.16. The summed E-state index contributed by atoms with van der Waals surface area (Å²) in [5.41, 5.74) is 0.605. The molecule has 1 aliphatic heterocycles. The molecule has 1 saturated heterocycles. The minimum Gasteiger partial charge on any atom is -0.379 e. The number of rotatable bonds is 4. The van der Waals surface area contributed by atoms with Crippen LogP contribution in [0.25, 0.3) is 5.69 Å². The van der Waals surface area contributed by atoms with E-state index in [-0.39, 0.29) is 22.9 Å². The Morgan fingerprint density at radius 3 is 2.72 bits per heavy atom. The van der Waals surface area contributed by atoms with Gasteiger partial charge in [-0.15, -0.1) is 0 Å². The second kappa shape index (κ2) is 8.31. The molecule has 0 bridgehead atoms. The van der Waals surface area contributed by atoms with E-state index in [0.29, 0.717) is 24.8 Å². The molecule has 8 heteroatoms. The predicted octanol–water partition coefficient (Wildman–Crippen LogP) is 4.50. The standard InChI is InChI=1S/C21H18ClF2N3O2/c22-20-17(12-25-27(21(20)28)18-7-6-14(23)10-16(18)24)26-15-8-9-29-19(11-15)13-4-2-1-3-5-13/h1-7,10,12,15,19,26H,8-9,11H2. The lowest BCUT2D eigenvalue weighted by Gasteiger charge is -2.31. The van der Waals surface area contributed by atoms with E-state index >= 15 is 0 Å². The van der Waals surface area contributed by atoms with E-state index < -0.39 is 17.2 Å². The lowest BCUT2D eigenvalue weighted by Crippen LogP contribution is -2.31. The molecule has 0 saturated carbocycles. The van der Waals surface area contributed by atoms with Crippen LogP contribution < -0.4 is 10.9 Å². The molecule has 3 aromatic rings. The van der Waals surface area contributed by atoms with Crippen molar-refractivity contribution >= 4 is 17.3 Å². The maximum atomic E-state index is 14.0. The van der Waals surface area contributed by atoms with E-state index in [4.69, 9.17) is 16.3 Å². The maximum absolute atomic E-state index is 14.0. The van der Waals surface area contributed by atoms with Gasteiger partial charge in [-0.05, 0) is 30.5 Å². The Bertz CT molecular complexity index is 1080. The molecule has 29 heavy (non-hydrogen) atoms. The molecule has 5 nitrogen and oxygen atoms in total. The number of benzene rings is 2. The zero-order valence-electron chi connectivity index (χ0n) is 15.3. The number of ether oxygens (including phenoxy) is 1. The Labute approximate surface area is 170 Å². The molecule has 2 aromatic carbocycles. The second-order valence-electron chi connectivity index (χ2n) is 6.82. The van der Waals surface area contributed by atoms with Gasteiger partial charge in [-0.2, -0.15) is 9.78 Å². The first-order chi connectivity index (χ1) is 14.0. The van der Waals surface area contributed by atoms with Gasteiger partial charge in [0.2, 0.25) is 0 Å². The van der Waals surface area contributed by atoms with Gasteiger partial charge in [0.05, 0.1) is 18.0 Å². The van der Waals surface area contributed by atoms with E-state index in [0.717, 1.165) is 28.8 Å². The highest BCUT2D eigenvalue weighted by molar-refractivity contribution is 6.33. The normalized spacial score (nSPS) is 19.1. The molecule has 150 valence electrons. The first-order valence-corrected chi connectivity index (χ1v) is 9.57. The first kappa shape index (κ1) is 19.5. The summed E-state index contributed by atoms with van der Waals surface area (Å²) < 4.78 is 33.8. The Balaban J connectivity index is 1.55. The highest BCUT2D eigenvalue weighted by Gasteiger charge is 2.25. The summed E-state index contributed by atoms with van der Waals surface area (Å²) in [6.45, 7) is 0.570. The SMILES string of the molecule is O=c1c(Cl)c(NC2CCOC(c3ccccc3)C2)cnn1-c1ccc(F)cc1F. The third-order valence-electron chi connectivity index (χ3n) is 4.87. The van der Waals surface area contributed by atoms with Gasteiger partial charge in [-0.3, -0.25) is 4.79 Å². The largest absolute Gasteiger partial charge is 0.379 e. The van der Waals surface area contributed by atoms with Crippen LogP contribution in [-0.4, -0.2) is 22.4 Å². The van der Waals surface area contributed by atoms with Gasteiger partial charge in [0.1, 0.15) is 16.5 Å². The Morgan fingerprint density at radius 2 is 1.97 bits per heavy atom. The molecule has 0 radical (unpaired) electrons. The summed E-state index contributed by atoms with van der Waals surface area (Å²) in [4.78, 5) is 12.6. The summed E-state index contributed by atoms with van der Waals surface area (Å²) in [5, 5.41) is 7.15. The lowest BCUT2D eigenvalue weighted by atomic mass is 9.97. The van der Waals surface area contributed by atoms with Crippen molar-refractivity contribution in [2.75, 3.05) is 11.9 Å². The quantitative estimate of drug-likeness (QED) is 0.679. The van der Waals surface area contributed by atoms with Gasteiger partial charge in [0, 0.05) is 18.7 Å². The van der Waals surface area contributed by atoms with Crippen LogP contribution in [-0.2, 0) is 4.74 Å². The number of hydrogen-bond donors (Lipinski definition) is 1. The van der Waals surface area contributed by atoms with E-state index in [1.165, 1.54) is 6.20 Å². The van der Waals surface area contributed by atoms with Crippen LogP contribution in [0.15, 0.2) is 59.5 Å². The molecule has 0 aliphatic carbocycles. The molecular weight excluding hydrogens is 400 g/mol. The molecule has 2 unspecified atom stereocenters. The van der Waals surface area contributed by atoms with Crippen LogP contribution >= 0.6 is 11.6 Å². The van der Waals surface area contributed by atoms with Crippen LogP contribution in [0.4, 0.5) is 14.5 Å². The van der Waals surface area contributed by atoms with E-state index in [1.54, 1.807) is 0 Å². The van der Waals surface area contributed by atoms with Crippen molar-refractivity contribution in [2.45, 2.75) is 25.0 Å². The number of halogens is 3. The van der Waals surface area contributed by atoms with Gasteiger partial charge >= 0.3 is 0 Å². The number of nitrogens with one attached hydrogen (secondary N) is 1. The molecule has 0 amide bonds. The van der Waals surface area contributed by atoms with Crippen molar-refractivity contribution in [1.82, 2.24) is 9.78 Å². The minimum absolute atomic E-state index is 0.0334. The fourth-order valence-corrected chi connectivity index (χ4v) is 3.59. The summed E-state index contributed by atoms with van der Waals surface area (Å²) >= 11 is 6.24. The lowest BCUT2D eigenvalue weighted by molar-refractivity contribution is 0.00979. The fourth-order valence-electron chi connectivity index (χ4n) is 3.41. The molecule has 1 aromatic heterocycles. The number of hydrogen-bond acceptors (Lipinski definition) is 4. The van der Waals surface area contributed by atoms with Crippen molar-refractivity contribution in [3.8, 4) is 5.69 Å². The van der Waals surface area contributed by atoms with Gasteiger partial charge < -0.3 is 10.1 Å². The smallest absolute Gasteiger partial charge is 0.292 e. The van der Waals surface area contributed by atoms with Crippen LogP contribution in [0.2, 0.25) is 5.02 Å². The fraction of sp³-hybridized carbons (Fsp3) is 0.238. The molecule has 0 spiro atoms. The second-order valence-corrected chi connectivity index (χ2v) is 7.20. The number of anilines is 1. The van der Waals surface area contributed by atoms with Crippen molar-refractivity contribution < 1.29 is 13.5 Å². The monoisotopic (exact) mass is 417 g/mol. The molecule has 2 heterocycles. The van der Waals surface area contributed by atoms with E-state index in [2.05, 4.69) is 10.4 Å². The van der Waals surface area contributed by atoms with Crippen molar-refractivity contribution in [3.05, 3.63) is 87.3 Å². The molecule has 1 N–H and O–H groups in total. The predicted molar refractivity (Wildman–Crippen MR) is 107 cm³/mol. The van der Waals surface area contributed by atoms with E-state index in [9.17, 15) is 13.6 Å². The third-order valence-corrected chi connectivity index (χ3v) is 5.24.